The maximum atomic E-state index is 13.2. The van der Waals surface area contributed by atoms with Gasteiger partial charge in [0.15, 0.2) is 0 Å². The molecule has 0 saturated carbocycles. The zero-order valence-electron chi connectivity index (χ0n) is 22.6. The fourth-order valence-corrected chi connectivity index (χ4v) is 5.19. The summed E-state index contributed by atoms with van der Waals surface area (Å²) in [5, 5.41) is 23.3. The minimum Gasteiger partial charge on any atom is -0.497 e. The first-order chi connectivity index (χ1) is 19.9. The molecular weight excluding hydrogens is 516 g/mol. The number of carbonyl (C=O) groups is 2. The standard InChI is InChI=1S/C33H28N4O4/c1-3-24(30-19-36-31-14-20(17-34)7-10-27(30)31)25-11-8-21(32(38)37-18-22-6-4-5-13-35-22)15-28(25)26-12-9-23(41-2)16-29(26)33(39)40/h4-16,19,24,36H,3,18H2,1-2H3,(H,37,38)(H,39,40). The van der Waals surface area contributed by atoms with Crippen LogP contribution in [-0.2, 0) is 6.54 Å². The van der Waals surface area contributed by atoms with Crippen LogP contribution in [0.3, 0.4) is 0 Å². The third-order valence-corrected chi connectivity index (χ3v) is 7.22. The molecule has 3 aromatic carbocycles. The second kappa shape index (κ2) is 11.8. The molecule has 2 heterocycles. The quantitative estimate of drug-likeness (QED) is 0.200. The number of hydrogen-bond donors (Lipinski definition) is 3. The lowest BCUT2D eigenvalue weighted by molar-refractivity contribution is 0.0697. The summed E-state index contributed by atoms with van der Waals surface area (Å²) in [4.78, 5) is 33.1. The molecule has 0 aliphatic heterocycles. The Labute approximate surface area is 237 Å². The number of benzene rings is 3. The van der Waals surface area contributed by atoms with Crippen LogP contribution >= 0.6 is 0 Å². The fourth-order valence-electron chi connectivity index (χ4n) is 5.19. The van der Waals surface area contributed by atoms with Crippen LogP contribution in [0.2, 0.25) is 0 Å². The number of hydrogen-bond acceptors (Lipinski definition) is 5. The van der Waals surface area contributed by atoms with Gasteiger partial charge >= 0.3 is 5.97 Å². The van der Waals surface area contributed by atoms with Crippen LogP contribution in [0.25, 0.3) is 22.0 Å². The smallest absolute Gasteiger partial charge is 0.336 e. The lowest BCUT2D eigenvalue weighted by atomic mass is 9.82. The van der Waals surface area contributed by atoms with E-state index in [4.69, 9.17) is 4.74 Å². The summed E-state index contributed by atoms with van der Waals surface area (Å²) >= 11 is 0. The molecule has 204 valence electrons. The highest BCUT2D eigenvalue weighted by molar-refractivity contribution is 6.00. The van der Waals surface area contributed by atoms with Crippen LogP contribution in [-0.4, -0.2) is 34.1 Å². The molecule has 0 bridgehead atoms. The van der Waals surface area contributed by atoms with Gasteiger partial charge in [0.05, 0.1) is 36.5 Å². The normalized spacial score (nSPS) is 11.5. The van der Waals surface area contributed by atoms with Gasteiger partial charge in [-0.3, -0.25) is 9.78 Å². The molecule has 0 radical (unpaired) electrons. The SMILES string of the molecule is CCC(c1ccc(C(=O)NCc2ccccn2)cc1-c1ccc(OC)cc1C(=O)O)c1c[nH]c2cc(C#N)ccc12. The highest BCUT2D eigenvalue weighted by Gasteiger charge is 2.24. The molecule has 41 heavy (non-hydrogen) atoms. The van der Waals surface area contributed by atoms with E-state index in [1.54, 1.807) is 36.5 Å². The molecule has 8 nitrogen and oxygen atoms in total. The van der Waals surface area contributed by atoms with Crippen LogP contribution in [0, 0.1) is 11.3 Å². The van der Waals surface area contributed by atoms with Crippen molar-refractivity contribution in [2.24, 2.45) is 0 Å². The number of H-pyrrole nitrogens is 1. The molecule has 5 aromatic rings. The molecule has 0 saturated heterocycles. The number of rotatable bonds is 9. The maximum Gasteiger partial charge on any atom is 0.336 e. The Kier molecular flexibility index (Phi) is 7.79. The zero-order valence-corrected chi connectivity index (χ0v) is 22.6. The monoisotopic (exact) mass is 544 g/mol. The summed E-state index contributed by atoms with van der Waals surface area (Å²) in [5.41, 5.74) is 5.64. The first kappa shape index (κ1) is 27.2. The number of carboxylic acids is 1. The molecule has 2 aromatic heterocycles. The van der Waals surface area contributed by atoms with E-state index in [2.05, 4.69) is 28.3 Å². The van der Waals surface area contributed by atoms with Gasteiger partial charge in [0, 0.05) is 34.8 Å². The van der Waals surface area contributed by atoms with Crippen molar-refractivity contribution in [1.29, 1.82) is 5.26 Å². The Balaban J connectivity index is 1.64. The molecule has 8 heteroatoms. The van der Waals surface area contributed by atoms with Crippen LogP contribution in [0.4, 0.5) is 0 Å². The van der Waals surface area contributed by atoms with E-state index in [0.29, 0.717) is 34.4 Å². The lowest BCUT2D eigenvalue weighted by Gasteiger charge is -2.21. The number of ether oxygens (including phenoxy) is 1. The topological polar surface area (TPSA) is 128 Å². The molecular formula is C33H28N4O4. The molecule has 5 rings (SSSR count). The second-order valence-corrected chi connectivity index (χ2v) is 9.60. The van der Waals surface area contributed by atoms with Gasteiger partial charge in [0.1, 0.15) is 5.75 Å². The maximum absolute atomic E-state index is 13.2. The third-order valence-electron chi connectivity index (χ3n) is 7.22. The number of carbonyl (C=O) groups excluding carboxylic acids is 1. The van der Waals surface area contributed by atoms with Crippen molar-refractivity contribution in [1.82, 2.24) is 15.3 Å². The molecule has 1 unspecified atom stereocenters. The van der Waals surface area contributed by atoms with Crippen molar-refractivity contribution in [3.8, 4) is 22.9 Å². The Bertz CT molecular complexity index is 1790. The number of aromatic amines is 1. The van der Waals surface area contributed by atoms with Gasteiger partial charge < -0.3 is 20.1 Å². The van der Waals surface area contributed by atoms with E-state index in [1.165, 1.54) is 13.2 Å². The van der Waals surface area contributed by atoms with Gasteiger partial charge in [0.25, 0.3) is 5.91 Å². The molecule has 1 atom stereocenters. The summed E-state index contributed by atoms with van der Waals surface area (Å²) in [6.45, 7) is 2.33. The van der Waals surface area contributed by atoms with Crippen molar-refractivity contribution in [3.05, 3.63) is 119 Å². The van der Waals surface area contributed by atoms with Gasteiger partial charge in [-0.15, -0.1) is 0 Å². The molecule has 0 aliphatic rings. The predicted octanol–water partition coefficient (Wildman–Crippen LogP) is 6.28. The van der Waals surface area contributed by atoms with E-state index < -0.39 is 5.97 Å². The highest BCUT2D eigenvalue weighted by Crippen LogP contribution is 2.40. The number of fused-ring (bicyclic) bond motifs is 1. The summed E-state index contributed by atoms with van der Waals surface area (Å²) < 4.78 is 5.30. The number of amides is 1. The van der Waals surface area contributed by atoms with Crippen LogP contribution in [0.1, 0.15) is 62.4 Å². The van der Waals surface area contributed by atoms with Gasteiger partial charge in [-0.2, -0.15) is 5.26 Å². The fraction of sp³-hybridized carbons (Fsp3) is 0.152. The lowest BCUT2D eigenvalue weighted by Crippen LogP contribution is -2.23. The van der Waals surface area contributed by atoms with Crippen molar-refractivity contribution in [2.75, 3.05) is 7.11 Å². The number of aromatic carboxylic acids is 1. The largest absolute Gasteiger partial charge is 0.497 e. The van der Waals surface area contributed by atoms with Gasteiger partial charge in [0.2, 0.25) is 0 Å². The summed E-state index contributed by atoms with van der Waals surface area (Å²) in [5.74, 6) is -1.09. The average Bonchev–Trinajstić information content (AvgIpc) is 3.43. The summed E-state index contributed by atoms with van der Waals surface area (Å²) in [7, 11) is 1.49. The number of methoxy groups -OCH3 is 1. The van der Waals surface area contributed by atoms with E-state index in [1.807, 2.05) is 42.6 Å². The minimum atomic E-state index is -1.10. The average molecular weight is 545 g/mol. The number of nitriles is 1. The zero-order chi connectivity index (χ0) is 28.9. The number of pyridine rings is 1. The summed E-state index contributed by atoms with van der Waals surface area (Å²) in [6.07, 6.45) is 4.31. The molecule has 0 aliphatic carbocycles. The Morgan fingerprint density at radius 1 is 1.05 bits per heavy atom. The Morgan fingerprint density at radius 2 is 1.90 bits per heavy atom. The van der Waals surface area contributed by atoms with Crippen molar-refractivity contribution in [2.45, 2.75) is 25.8 Å². The van der Waals surface area contributed by atoms with Crippen LogP contribution in [0.15, 0.2) is 85.2 Å². The first-order valence-electron chi connectivity index (χ1n) is 13.2. The molecule has 0 fully saturated rings. The van der Waals surface area contributed by atoms with E-state index in [-0.39, 0.29) is 23.9 Å². The number of nitrogens with zero attached hydrogens (tertiary/aromatic N) is 2. The first-order valence-corrected chi connectivity index (χ1v) is 13.2. The van der Waals surface area contributed by atoms with Gasteiger partial charge in [-0.05, 0) is 83.3 Å². The van der Waals surface area contributed by atoms with E-state index in [0.717, 1.165) is 27.7 Å². The highest BCUT2D eigenvalue weighted by atomic mass is 16.5. The predicted molar refractivity (Wildman–Crippen MR) is 156 cm³/mol. The summed E-state index contributed by atoms with van der Waals surface area (Å²) in [6, 6.07) is 23.5. The van der Waals surface area contributed by atoms with Crippen molar-refractivity contribution >= 4 is 22.8 Å². The Morgan fingerprint density at radius 3 is 2.61 bits per heavy atom. The second-order valence-electron chi connectivity index (χ2n) is 9.60. The number of aromatic nitrogens is 2. The van der Waals surface area contributed by atoms with Crippen LogP contribution in [0.5, 0.6) is 5.75 Å². The minimum absolute atomic E-state index is 0.0732. The third kappa shape index (κ3) is 5.52. The van der Waals surface area contributed by atoms with E-state index >= 15 is 0 Å². The van der Waals surface area contributed by atoms with Gasteiger partial charge in [-0.25, -0.2) is 4.79 Å². The van der Waals surface area contributed by atoms with Gasteiger partial charge in [-0.1, -0.05) is 25.1 Å². The van der Waals surface area contributed by atoms with Crippen LogP contribution < -0.4 is 10.1 Å². The van der Waals surface area contributed by atoms with Crippen molar-refractivity contribution < 1.29 is 19.4 Å². The number of nitrogens with one attached hydrogen (secondary N) is 2. The number of carboxylic acid groups (broad SMARTS) is 1. The van der Waals surface area contributed by atoms with E-state index in [9.17, 15) is 20.0 Å². The van der Waals surface area contributed by atoms with Crippen molar-refractivity contribution in [3.63, 3.8) is 0 Å². The molecule has 3 N–H and O–H groups in total. The molecule has 0 spiro atoms. The Hall–Kier alpha value is -5.42. The molecule has 1 amide bonds.